The highest BCUT2D eigenvalue weighted by Gasteiger charge is 2.14. The van der Waals surface area contributed by atoms with Crippen LogP contribution in [-0.4, -0.2) is 24.7 Å². The summed E-state index contributed by atoms with van der Waals surface area (Å²) in [5.74, 6) is 0.723. The van der Waals surface area contributed by atoms with Crippen LogP contribution in [0.1, 0.15) is 18.1 Å². The molecule has 1 heterocycles. The van der Waals surface area contributed by atoms with Crippen LogP contribution in [0.25, 0.3) is 10.9 Å². The van der Waals surface area contributed by atoms with E-state index in [1.165, 1.54) is 0 Å². The van der Waals surface area contributed by atoms with Gasteiger partial charge >= 0.3 is 0 Å². The topological polar surface area (TPSA) is 86.5 Å². The molecule has 6 nitrogen and oxygen atoms in total. The molecule has 0 radical (unpaired) electrons. The Morgan fingerprint density at radius 1 is 1.31 bits per heavy atom. The number of halogens is 2. The Balaban J connectivity index is 2.10. The van der Waals surface area contributed by atoms with Gasteiger partial charge in [-0.15, -0.1) is 0 Å². The van der Waals surface area contributed by atoms with Crippen LogP contribution in [0.3, 0.4) is 0 Å². The van der Waals surface area contributed by atoms with Crippen LogP contribution in [0, 0.1) is 0 Å². The van der Waals surface area contributed by atoms with Crippen LogP contribution in [0.5, 0.6) is 5.75 Å². The molecule has 0 bridgehead atoms. The SMILES string of the molecule is CCOc1cc2ncc(CCOC=O)c(Nc3ccc(CN)cc3Cl)c2cc1Br. The number of benzene rings is 2. The lowest BCUT2D eigenvalue weighted by Crippen LogP contribution is -2.04. The number of nitrogens with one attached hydrogen (secondary N) is 1. The van der Waals surface area contributed by atoms with Gasteiger partial charge in [-0.2, -0.15) is 0 Å². The van der Waals surface area contributed by atoms with Crippen LogP contribution in [0.2, 0.25) is 5.02 Å². The summed E-state index contributed by atoms with van der Waals surface area (Å²) in [6.07, 6.45) is 2.28. The van der Waals surface area contributed by atoms with Gasteiger partial charge in [0.1, 0.15) is 5.75 Å². The van der Waals surface area contributed by atoms with Gasteiger partial charge in [0.2, 0.25) is 0 Å². The van der Waals surface area contributed by atoms with Crippen molar-refractivity contribution in [3.8, 4) is 5.75 Å². The van der Waals surface area contributed by atoms with Crippen molar-refractivity contribution in [3.63, 3.8) is 0 Å². The quantitative estimate of drug-likeness (QED) is 0.334. The second kappa shape index (κ2) is 9.91. The second-order valence-electron chi connectivity index (χ2n) is 6.25. The minimum absolute atomic E-state index is 0.253. The average molecular weight is 479 g/mol. The fraction of sp³-hybridized carbons (Fsp3) is 0.238. The van der Waals surface area contributed by atoms with E-state index in [0.29, 0.717) is 31.1 Å². The summed E-state index contributed by atoms with van der Waals surface area (Å²) in [6, 6.07) is 9.51. The second-order valence-corrected chi connectivity index (χ2v) is 7.51. The number of ether oxygens (including phenoxy) is 2. The standard InChI is InChI=1S/C21H21BrClN3O3/c1-2-29-20-9-19-15(8-16(20)22)21(14(11-25-19)5-6-28-12-27)26-18-4-3-13(10-24)7-17(18)23/h3-4,7-9,11-12H,2,5-6,10,24H2,1H3,(H,25,26). The molecular formula is C21H21BrClN3O3. The number of hydrogen-bond donors (Lipinski definition) is 2. The lowest BCUT2D eigenvalue weighted by molar-refractivity contribution is -0.128. The molecule has 0 aliphatic rings. The Kier molecular flexibility index (Phi) is 7.30. The zero-order valence-electron chi connectivity index (χ0n) is 15.9. The number of carbonyl (C=O) groups is 1. The van der Waals surface area contributed by atoms with Gasteiger partial charge in [0.05, 0.1) is 39.6 Å². The van der Waals surface area contributed by atoms with E-state index in [1.54, 1.807) is 6.20 Å². The minimum Gasteiger partial charge on any atom is -0.493 e. The molecule has 152 valence electrons. The summed E-state index contributed by atoms with van der Waals surface area (Å²) in [5.41, 5.74) is 9.91. The van der Waals surface area contributed by atoms with Crippen molar-refractivity contribution in [1.29, 1.82) is 0 Å². The summed E-state index contributed by atoms with van der Waals surface area (Å²) in [6.45, 7) is 3.59. The highest BCUT2D eigenvalue weighted by atomic mass is 79.9. The van der Waals surface area contributed by atoms with Crippen molar-refractivity contribution < 1.29 is 14.3 Å². The number of nitrogens with two attached hydrogens (primary N) is 1. The third kappa shape index (κ3) is 4.98. The maximum absolute atomic E-state index is 10.5. The predicted molar refractivity (Wildman–Crippen MR) is 119 cm³/mol. The zero-order chi connectivity index (χ0) is 20.8. The van der Waals surface area contributed by atoms with Crippen molar-refractivity contribution in [3.05, 3.63) is 57.2 Å². The Bertz CT molecular complexity index is 1030. The number of nitrogens with zero attached hydrogens (tertiary/aromatic N) is 1. The van der Waals surface area contributed by atoms with E-state index >= 15 is 0 Å². The molecule has 29 heavy (non-hydrogen) atoms. The summed E-state index contributed by atoms with van der Waals surface area (Å²) in [5, 5.41) is 4.88. The molecule has 3 N–H and O–H groups in total. The molecular weight excluding hydrogens is 458 g/mol. The number of pyridine rings is 1. The van der Waals surface area contributed by atoms with E-state index in [0.717, 1.165) is 43.6 Å². The van der Waals surface area contributed by atoms with E-state index in [4.69, 9.17) is 26.8 Å². The molecule has 0 saturated carbocycles. The van der Waals surface area contributed by atoms with Crippen molar-refractivity contribution in [2.24, 2.45) is 5.73 Å². The molecule has 0 fully saturated rings. The predicted octanol–water partition coefficient (Wildman–Crippen LogP) is 4.97. The van der Waals surface area contributed by atoms with Crippen molar-refractivity contribution >= 4 is 56.3 Å². The fourth-order valence-electron chi connectivity index (χ4n) is 2.98. The van der Waals surface area contributed by atoms with E-state index in [9.17, 15) is 4.79 Å². The number of hydrogen-bond acceptors (Lipinski definition) is 6. The first-order valence-corrected chi connectivity index (χ1v) is 10.3. The molecule has 2 aromatic carbocycles. The minimum atomic E-state index is 0.253. The highest BCUT2D eigenvalue weighted by Crippen LogP contribution is 2.37. The van der Waals surface area contributed by atoms with Crippen LogP contribution < -0.4 is 15.8 Å². The molecule has 0 aliphatic carbocycles. The van der Waals surface area contributed by atoms with Gasteiger partial charge in [0, 0.05) is 30.6 Å². The first-order chi connectivity index (χ1) is 14.1. The van der Waals surface area contributed by atoms with Gasteiger partial charge in [-0.05, 0) is 52.2 Å². The van der Waals surface area contributed by atoms with Gasteiger partial charge in [-0.3, -0.25) is 9.78 Å². The number of aromatic nitrogens is 1. The monoisotopic (exact) mass is 477 g/mol. The summed E-state index contributed by atoms with van der Waals surface area (Å²) >= 11 is 10.0. The van der Waals surface area contributed by atoms with Gasteiger partial charge < -0.3 is 20.5 Å². The molecule has 0 saturated heterocycles. The Morgan fingerprint density at radius 3 is 2.83 bits per heavy atom. The molecule has 0 atom stereocenters. The molecule has 0 spiro atoms. The van der Waals surface area contributed by atoms with E-state index in [2.05, 4.69) is 26.2 Å². The van der Waals surface area contributed by atoms with Crippen molar-refractivity contribution in [2.45, 2.75) is 19.9 Å². The summed E-state index contributed by atoms with van der Waals surface area (Å²) < 4.78 is 11.4. The third-order valence-electron chi connectivity index (χ3n) is 4.39. The Hall–Kier alpha value is -2.35. The fourth-order valence-corrected chi connectivity index (χ4v) is 3.68. The van der Waals surface area contributed by atoms with E-state index in [-0.39, 0.29) is 6.61 Å². The normalized spacial score (nSPS) is 10.8. The largest absolute Gasteiger partial charge is 0.493 e. The maximum Gasteiger partial charge on any atom is 0.293 e. The lowest BCUT2D eigenvalue weighted by atomic mass is 10.1. The van der Waals surface area contributed by atoms with E-state index < -0.39 is 0 Å². The smallest absolute Gasteiger partial charge is 0.293 e. The van der Waals surface area contributed by atoms with Gasteiger partial charge in [-0.1, -0.05) is 17.7 Å². The first-order valence-electron chi connectivity index (χ1n) is 9.12. The average Bonchev–Trinajstić information content (AvgIpc) is 2.72. The number of carbonyl (C=O) groups excluding carboxylic acids is 1. The highest BCUT2D eigenvalue weighted by molar-refractivity contribution is 9.10. The molecule has 0 aliphatic heterocycles. The lowest BCUT2D eigenvalue weighted by Gasteiger charge is -2.17. The summed E-state index contributed by atoms with van der Waals surface area (Å²) in [7, 11) is 0. The molecule has 3 rings (SSSR count). The molecule has 1 aromatic heterocycles. The van der Waals surface area contributed by atoms with Gasteiger partial charge in [0.25, 0.3) is 6.47 Å². The maximum atomic E-state index is 10.5. The zero-order valence-corrected chi connectivity index (χ0v) is 18.2. The molecule has 3 aromatic rings. The van der Waals surface area contributed by atoms with Crippen LogP contribution in [0.4, 0.5) is 11.4 Å². The molecule has 0 unspecified atom stereocenters. The molecule has 8 heteroatoms. The Labute approximate surface area is 182 Å². The van der Waals surface area contributed by atoms with Crippen molar-refractivity contribution in [1.82, 2.24) is 4.98 Å². The van der Waals surface area contributed by atoms with E-state index in [1.807, 2.05) is 37.3 Å². The summed E-state index contributed by atoms with van der Waals surface area (Å²) in [4.78, 5) is 15.1. The van der Waals surface area contributed by atoms with Crippen LogP contribution in [0.15, 0.2) is 41.0 Å². The third-order valence-corrected chi connectivity index (χ3v) is 5.32. The van der Waals surface area contributed by atoms with Crippen LogP contribution in [-0.2, 0) is 22.5 Å². The first kappa shape index (κ1) is 21.4. The van der Waals surface area contributed by atoms with Gasteiger partial charge in [0.15, 0.2) is 0 Å². The number of anilines is 2. The number of fused-ring (bicyclic) bond motifs is 1. The molecule has 0 amide bonds. The van der Waals surface area contributed by atoms with Crippen molar-refractivity contribution in [2.75, 3.05) is 18.5 Å². The Morgan fingerprint density at radius 2 is 2.14 bits per heavy atom. The van der Waals surface area contributed by atoms with Gasteiger partial charge in [-0.25, -0.2) is 0 Å². The number of rotatable bonds is 9. The van der Waals surface area contributed by atoms with Crippen LogP contribution >= 0.6 is 27.5 Å².